The second-order valence-electron chi connectivity index (χ2n) is 6.86. The minimum Gasteiger partial charge on any atom is -0.461 e. The molecule has 5 heteroatoms. The number of benzene rings is 2. The van der Waals surface area contributed by atoms with E-state index in [1.807, 2.05) is 30.3 Å². The topological polar surface area (TPSA) is 63.7 Å². The van der Waals surface area contributed by atoms with Crippen LogP contribution in [0.15, 0.2) is 73.3 Å². The standard InChI is InChI=1S/C23H23NO4/c1-2-16-28-22(27)23(17-18-10-5-3-6-11-18)14-9-15-24(21(23)26)20(25)19-12-7-4-8-13-19/h2-8,10-13H,1,9,14-17H2/t23-/m1/s1. The Kier molecular flexibility index (Phi) is 6.04. The molecule has 0 unspecified atom stereocenters. The summed E-state index contributed by atoms with van der Waals surface area (Å²) in [5.74, 6) is -1.49. The van der Waals surface area contributed by atoms with Gasteiger partial charge in [-0.15, -0.1) is 0 Å². The molecule has 1 aliphatic rings. The average molecular weight is 377 g/mol. The van der Waals surface area contributed by atoms with Crippen LogP contribution in [0.4, 0.5) is 0 Å². The Hall–Kier alpha value is -3.21. The van der Waals surface area contributed by atoms with E-state index >= 15 is 0 Å². The molecular formula is C23H23NO4. The summed E-state index contributed by atoms with van der Waals surface area (Å²) >= 11 is 0. The lowest BCUT2D eigenvalue weighted by molar-refractivity contribution is -0.166. The molecule has 1 atom stereocenters. The number of nitrogens with zero attached hydrogens (tertiary/aromatic N) is 1. The fraction of sp³-hybridized carbons (Fsp3) is 0.261. The van der Waals surface area contributed by atoms with Gasteiger partial charge in [-0.05, 0) is 37.0 Å². The third kappa shape index (κ3) is 3.88. The molecule has 0 N–H and O–H groups in total. The summed E-state index contributed by atoms with van der Waals surface area (Å²) in [6.07, 6.45) is 2.55. The van der Waals surface area contributed by atoms with Gasteiger partial charge in [-0.2, -0.15) is 0 Å². The first-order valence-electron chi connectivity index (χ1n) is 9.32. The highest BCUT2D eigenvalue weighted by molar-refractivity contribution is 6.13. The van der Waals surface area contributed by atoms with Crippen molar-refractivity contribution in [2.24, 2.45) is 5.41 Å². The van der Waals surface area contributed by atoms with E-state index in [1.54, 1.807) is 30.3 Å². The van der Waals surface area contributed by atoms with Gasteiger partial charge in [0.1, 0.15) is 6.61 Å². The van der Waals surface area contributed by atoms with Crippen molar-refractivity contribution in [3.63, 3.8) is 0 Å². The molecule has 2 aromatic carbocycles. The third-order valence-corrected chi connectivity index (χ3v) is 4.98. The number of rotatable bonds is 6. The van der Waals surface area contributed by atoms with Crippen LogP contribution in [0.2, 0.25) is 0 Å². The van der Waals surface area contributed by atoms with Gasteiger partial charge in [0, 0.05) is 12.1 Å². The molecule has 1 saturated heterocycles. The van der Waals surface area contributed by atoms with Crippen LogP contribution in [0, 0.1) is 5.41 Å². The molecule has 0 radical (unpaired) electrons. The van der Waals surface area contributed by atoms with Gasteiger partial charge in [-0.25, -0.2) is 0 Å². The number of hydrogen-bond donors (Lipinski definition) is 0. The molecule has 0 saturated carbocycles. The minimum absolute atomic E-state index is 0.0231. The third-order valence-electron chi connectivity index (χ3n) is 4.98. The van der Waals surface area contributed by atoms with Crippen molar-refractivity contribution in [2.45, 2.75) is 19.3 Å². The van der Waals surface area contributed by atoms with Gasteiger partial charge < -0.3 is 4.74 Å². The van der Waals surface area contributed by atoms with Crippen LogP contribution in [-0.2, 0) is 20.7 Å². The van der Waals surface area contributed by atoms with Crippen molar-refractivity contribution in [3.05, 3.63) is 84.4 Å². The number of esters is 1. The van der Waals surface area contributed by atoms with Crippen molar-refractivity contribution < 1.29 is 19.1 Å². The van der Waals surface area contributed by atoms with E-state index in [-0.39, 0.29) is 25.5 Å². The Morgan fingerprint density at radius 1 is 1.07 bits per heavy atom. The van der Waals surface area contributed by atoms with Gasteiger partial charge in [-0.1, -0.05) is 61.2 Å². The number of ether oxygens (including phenoxy) is 1. The highest BCUT2D eigenvalue weighted by Crippen LogP contribution is 2.37. The van der Waals surface area contributed by atoms with Gasteiger partial charge >= 0.3 is 5.97 Å². The Bertz CT molecular complexity index is 863. The van der Waals surface area contributed by atoms with E-state index in [9.17, 15) is 14.4 Å². The first-order valence-corrected chi connectivity index (χ1v) is 9.32. The van der Waals surface area contributed by atoms with Crippen molar-refractivity contribution in [2.75, 3.05) is 13.2 Å². The van der Waals surface area contributed by atoms with Gasteiger partial charge in [0.15, 0.2) is 5.41 Å². The van der Waals surface area contributed by atoms with Crippen molar-refractivity contribution >= 4 is 17.8 Å². The van der Waals surface area contributed by atoms with Crippen LogP contribution in [0.25, 0.3) is 0 Å². The summed E-state index contributed by atoms with van der Waals surface area (Å²) < 4.78 is 5.29. The molecule has 2 amide bonds. The van der Waals surface area contributed by atoms with E-state index in [1.165, 1.54) is 11.0 Å². The van der Waals surface area contributed by atoms with Crippen molar-refractivity contribution in [1.29, 1.82) is 0 Å². The zero-order chi connectivity index (χ0) is 20.0. The number of piperidine rings is 1. The molecule has 1 heterocycles. The SMILES string of the molecule is C=CCOC(=O)[C@@]1(Cc2ccccc2)CCCN(C(=O)c2ccccc2)C1=O. The average Bonchev–Trinajstić information content (AvgIpc) is 2.74. The fourth-order valence-corrected chi connectivity index (χ4v) is 3.58. The number of likely N-dealkylation sites (tertiary alicyclic amines) is 1. The quantitative estimate of drug-likeness (QED) is 0.335. The zero-order valence-corrected chi connectivity index (χ0v) is 15.7. The van der Waals surface area contributed by atoms with E-state index in [2.05, 4.69) is 6.58 Å². The largest absolute Gasteiger partial charge is 0.461 e. The predicted molar refractivity (Wildman–Crippen MR) is 105 cm³/mol. The lowest BCUT2D eigenvalue weighted by Crippen LogP contribution is -2.56. The predicted octanol–water partition coefficient (Wildman–Crippen LogP) is 3.41. The maximum absolute atomic E-state index is 13.4. The number of hydrogen-bond acceptors (Lipinski definition) is 4. The molecular weight excluding hydrogens is 354 g/mol. The molecule has 0 aliphatic carbocycles. The van der Waals surface area contributed by atoms with Crippen LogP contribution < -0.4 is 0 Å². The number of carbonyl (C=O) groups excluding carboxylic acids is 3. The molecule has 3 rings (SSSR count). The molecule has 5 nitrogen and oxygen atoms in total. The minimum atomic E-state index is -1.41. The molecule has 1 fully saturated rings. The first-order chi connectivity index (χ1) is 13.6. The molecule has 2 aromatic rings. The van der Waals surface area contributed by atoms with E-state index in [0.29, 0.717) is 18.4 Å². The monoisotopic (exact) mass is 377 g/mol. The van der Waals surface area contributed by atoms with Crippen LogP contribution in [0.1, 0.15) is 28.8 Å². The van der Waals surface area contributed by atoms with Gasteiger partial charge in [0.05, 0.1) is 0 Å². The molecule has 0 spiro atoms. The van der Waals surface area contributed by atoms with Gasteiger partial charge in [0.25, 0.3) is 5.91 Å². The van der Waals surface area contributed by atoms with E-state index < -0.39 is 17.3 Å². The second kappa shape index (κ2) is 8.65. The molecule has 28 heavy (non-hydrogen) atoms. The molecule has 1 aliphatic heterocycles. The molecule has 0 aromatic heterocycles. The molecule has 144 valence electrons. The Morgan fingerprint density at radius 2 is 1.71 bits per heavy atom. The van der Waals surface area contributed by atoms with Crippen LogP contribution in [-0.4, -0.2) is 35.8 Å². The number of amides is 2. The maximum Gasteiger partial charge on any atom is 0.322 e. The normalized spacial score (nSPS) is 19.1. The zero-order valence-electron chi connectivity index (χ0n) is 15.7. The number of carbonyl (C=O) groups is 3. The summed E-state index contributed by atoms with van der Waals surface area (Å²) in [5, 5.41) is 0. The van der Waals surface area contributed by atoms with Gasteiger partial charge in [-0.3, -0.25) is 19.3 Å². The van der Waals surface area contributed by atoms with Crippen molar-refractivity contribution in [1.82, 2.24) is 4.90 Å². The fourth-order valence-electron chi connectivity index (χ4n) is 3.58. The number of imide groups is 1. The summed E-state index contributed by atoms with van der Waals surface area (Å²) in [5.41, 5.74) is -0.140. The van der Waals surface area contributed by atoms with E-state index in [4.69, 9.17) is 4.74 Å². The van der Waals surface area contributed by atoms with Crippen LogP contribution in [0.3, 0.4) is 0 Å². The summed E-state index contributed by atoms with van der Waals surface area (Å²) in [7, 11) is 0. The Labute approximate surface area is 164 Å². The van der Waals surface area contributed by atoms with Crippen LogP contribution >= 0.6 is 0 Å². The summed E-state index contributed by atoms with van der Waals surface area (Å²) in [6, 6.07) is 18.0. The highest BCUT2D eigenvalue weighted by atomic mass is 16.5. The smallest absolute Gasteiger partial charge is 0.322 e. The van der Waals surface area contributed by atoms with Gasteiger partial charge in [0.2, 0.25) is 5.91 Å². The van der Waals surface area contributed by atoms with Crippen molar-refractivity contribution in [3.8, 4) is 0 Å². The Morgan fingerprint density at radius 3 is 2.36 bits per heavy atom. The molecule has 0 bridgehead atoms. The second-order valence-corrected chi connectivity index (χ2v) is 6.86. The highest BCUT2D eigenvalue weighted by Gasteiger charge is 2.52. The Balaban J connectivity index is 1.95. The summed E-state index contributed by atoms with van der Waals surface area (Å²) in [4.78, 5) is 40.5. The maximum atomic E-state index is 13.4. The lowest BCUT2D eigenvalue weighted by atomic mass is 9.74. The lowest BCUT2D eigenvalue weighted by Gasteiger charge is -2.39. The van der Waals surface area contributed by atoms with E-state index in [0.717, 1.165) is 5.56 Å². The first kappa shape index (κ1) is 19.5. The van der Waals surface area contributed by atoms with Crippen LogP contribution in [0.5, 0.6) is 0 Å². The summed E-state index contributed by atoms with van der Waals surface area (Å²) in [6.45, 7) is 3.87.